The van der Waals surface area contributed by atoms with Crippen molar-refractivity contribution < 1.29 is 13.5 Å². The molecule has 2 rings (SSSR count). The molecule has 0 atom stereocenters. The van der Waals surface area contributed by atoms with Gasteiger partial charge in [-0.25, -0.2) is 8.42 Å². The third kappa shape index (κ3) is 2.76. The van der Waals surface area contributed by atoms with E-state index in [-0.39, 0.29) is 10.6 Å². The zero-order chi connectivity index (χ0) is 12.3. The zero-order valence-electron chi connectivity index (χ0n) is 8.79. The van der Waals surface area contributed by atoms with Gasteiger partial charge in [-0.15, -0.1) is 0 Å². The Balaban J connectivity index is 2.30. The van der Waals surface area contributed by atoms with Gasteiger partial charge in [-0.3, -0.25) is 4.72 Å². The van der Waals surface area contributed by atoms with Crippen molar-refractivity contribution >= 4 is 15.7 Å². The van der Waals surface area contributed by atoms with Crippen LogP contribution in [0.15, 0.2) is 53.4 Å². The van der Waals surface area contributed by atoms with E-state index in [1.54, 1.807) is 24.3 Å². The molecule has 0 spiro atoms. The van der Waals surface area contributed by atoms with Gasteiger partial charge < -0.3 is 5.11 Å². The first-order valence-electron chi connectivity index (χ1n) is 4.86. The summed E-state index contributed by atoms with van der Waals surface area (Å²) < 4.78 is 26.2. The van der Waals surface area contributed by atoms with Crippen LogP contribution in [0.1, 0.15) is 0 Å². The van der Waals surface area contributed by atoms with E-state index >= 15 is 0 Å². The zero-order valence-corrected chi connectivity index (χ0v) is 9.61. The second-order valence-corrected chi connectivity index (χ2v) is 5.08. The van der Waals surface area contributed by atoms with Gasteiger partial charge in [0.1, 0.15) is 5.75 Å². The van der Waals surface area contributed by atoms with Gasteiger partial charge in [0.05, 0.1) is 10.6 Å². The van der Waals surface area contributed by atoms with Crippen LogP contribution in [0.3, 0.4) is 0 Å². The van der Waals surface area contributed by atoms with Crippen molar-refractivity contribution in [3.05, 3.63) is 54.6 Å². The summed E-state index contributed by atoms with van der Waals surface area (Å²) in [6.45, 7) is 0. The molecule has 0 aliphatic carbocycles. The summed E-state index contributed by atoms with van der Waals surface area (Å²) in [6, 6.07) is 14.7. The average Bonchev–Trinajstić information content (AvgIpc) is 2.29. The minimum absolute atomic E-state index is 0.00447. The molecular weight excluding hydrogens is 238 g/mol. The second kappa shape index (κ2) is 4.47. The number of sulfonamides is 1. The molecule has 0 amide bonds. The van der Waals surface area contributed by atoms with Crippen molar-refractivity contribution in [3.8, 4) is 5.75 Å². The fourth-order valence-electron chi connectivity index (χ4n) is 1.33. The predicted molar refractivity (Wildman–Crippen MR) is 64.2 cm³/mol. The van der Waals surface area contributed by atoms with Crippen LogP contribution in [0, 0.1) is 6.07 Å². The van der Waals surface area contributed by atoms with Gasteiger partial charge in [0.25, 0.3) is 10.0 Å². The number of hydrogen-bond acceptors (Lipinski definition) is 3. The standard InChI is InChI=1S/C12H10NO3S/c14-11-6-4-5-10(9-11)13-17(15,16)12-7-2-1-3-8-12/h1-2,4-9,13-14H. The lowest BCUT2D eigenvalue weighted by Crippen LogP contribution is -2.12. The molecule has 2 aromatic carbocycles. The highest BCUT2D eigenvalue weighted by Crippen LogP contribution is 2.19. The van der Waals surface area contributed by atoms with Crippen molar-refractivity contribution in [1.29, 1.82) is 0 Å². The third-order valence-corrected chi connectivity index (χ3v) is 3.47. The summed E-state index contributed by atoms with van der Waals surface area (Å²) in [5.41, 5.74) is 0.314. The van der Waals surface area contributed by atoms with Gasteiger partial charge in [-0.2, -0.15) is 0 Å². The van der Waals surface area contributed by atoms with Crippen LogP contribution < -0.4 is 4.72 Å². The molecule has 17 heavy (non-hydrogen) atoms. The van der Waals surface area contributed by atoms with E-state index in [9.17, 15) is 13.5 Å². The lowest BCUT2D eigenvalue weighted by atomic mass is 10.3. The summed E-state index contributed by atoms with van der Waals surface area (Å²) in [4.78, 5) is 0.128. The third-order valence-electron chi connectivity index (χ3n) is 2.09. The number of benzene rings is 2. The molecule has 2 N–H and O–H groups in total. The van der Waals surface area contributed by atoms with Crippen LogP contribution in [0.4, 0.5) is 5.69 Å². The first-order valence-corrected chi connectivity index (χ1v) is 6.34. The summed E-state index contributed by atoms with van der Waals surface area (Å²) in [7, 11) is -3.62. The van der Waals surface area contributed by atoms with Crippen molar-refractivity contribution in [2.45, 2.75) is 4.90 Å². The molecule has 87 valence electrons. The minimum atomic E-state index is -3.62. The highest BCUT2D eigenvalue weighted by Gasteiger charge is 2.13. The van der Waals surface area contributed by atoms with Gasteiger partial charge >= 0.3 is 0 Å². The molecular formula is C12H10NO3S. The smallest absolute Gasteiger partial charge is 0.261 e. The summed E-state index contributed by atoms with van der Waals surface area (Å²) in [5, 5.41) is 9.24. The van der Waals surface area contributed by atoms with Crippen molar-refractivity contribution in [1.82, 2.24) is 0 Å². The Morgan fingerprint density at radius 1 is 1.18 bits per heavy atom. The van der Waals surface area contributed by atoms with Gasteiger partial charge in [0.15, 0.2) is 0 Å². The SMILES string of the molecule is O=S(=O)(Nc1cccc(O)c1)c1c[c]ccc1. The lowest BCUT2D eigenvalue weighted by molar-refractivity contribution is 0.475. The molecule has 0 heterocycles. The topological polar surface area (TPSA) is 66.4 Å². The molecule has 0 aliphatic rings. The van der Waals surface area contributed by atoms with Gasteiger partial charge in [0.2, 0.25) is 0 Å². The molecule has 1 radical (unpaired) electrons. The van der Waals surface area contributed by atoms with E-state index in [1.807, 2.05) is 0 Å². The predicted octanol–water partition coefficient (Wildman–Crippen LogP) is 1.99. The number of phenols is 1. The average molecular weight is 248 g/mol. The maximum atomic E-state index is 11.9. The second-order valence-electron chi connectivity index (χ2n) is 3.39. The van der Waals surface area contributed by atoms with E-state index in [4.69, 9.17) is 0 Å². The number of phenolic OH excluding ortho intramolecular Hbond substituents is 1. The van der Waals surface area contributed by atoms with E-state index in [1.165, 1.54) is 24.3 Å². The molecule has 0 aromatic heterocycles. The normalized spacial score (nSPS) is 11.1. The van der Waals surface area contributed by atoms with Crippen LogP contribution in [0.25, 0.3) is 0 Å². The number of anilines is 1. The van der Waals surface area contributed by atoms with Crippen LogP contribution in [0.5, 0.6) is 5.75 Å². The maximum Gasteiger partial charge on any atom is 0.261 e. The molecule has 0 saturated heterocycles. The lowest BCUT2D eigenvalue weighted by Gasteiger charge is -2.07. The minimum Gasteiger partial charge on any atom is -0.508 e. The summed E-state index contributed by atoms with van der Waals surface area (Å²) in [5.74, 6) is 0.00447. The molecule has 0 saturated carbocycles. The summed E-state index contributed by atoms with van der Waals surface area (Å²) >= 11 is 0. The number of rotatable bonds is 3. The monoisotopic (exact) mass is 248 g/mol. The van der Waals surface area contributed by atoms with Crippen molar-refractivity contribution in [3.63, 3.8) is 0 Å². The largest absolute Gasteiger partial charge is 0.508 e. The maximum absolute atomic E-state index is 11.9. The Morgan fingerprint density at radius 3 is 2.65 bits per heavy atom. The molecule has 0 fully saturated rings. The molecule has 0 bridgehead atoms. The number of nitrogens with one attached hydrogen (secondary N) is 1. The van der Waals surface area contributed by atoms with E-state index in [0.717, 1.165) is 0 Å². The van der Waals surface area contributed by atoms with Crippen molar-refractivity contribution in [2.24, 2.45) is 0 Å². The van der Waals surface area contributed by atoms with Gasteiger partial charge in [-0.05, 0) is 30.3 Å². The highest BCUT2D eigenvalue weighted by atomic mass is 32.2. The quantitative estimate of drug-likeness (QED) is 0.873. The first kappa shape index (κ1) is 11.5. The molecule has 2 aromatic rings. The Bertz CT molecular complexity index is 609. The van der Waals surface area contributed by atoms with E-state index in [0.29, 0.717) is 5.69 Å². The van der Waals surface area contributed by atoms with Crippen LogP contribution in [-0.2, 0) is 10.0 Å². The Hall–Kier alpha value is -2.01. The molecule has 0 unspecified atom stereocenters. The number of aromatic hydroxyl groups is 1. The molecule has 5 heteroatoms. The van der Waals surface area contributed by atoms with Crippen LogP contribution in [0.2, 0.25) is 0 Å². The highest BCUT2D eigenvalue weighted by molar-refractivity contribution is 7.92. The Kier molecular flexibility index (Phi) is 3.01. The van der Waals surface area contributed by atoms with E-state index < -0.39 is 10.0 Å². The van der Waals surface area contributed by atoms with E-state index in [2.05, 4.69) is 10.8 Å². The summed E-state index contributed by atoms with van der Waals surface area (Å²) in [6.07, 6.45) is 0. The van der Waals surface area contributed by atoms with Gasteiger partial charge in [-0.1, -0.05) is 18.2 Å². The van der Waals surface area contributed by atoms with Crippen LogP contribution >= 0.6 is 0 Å². The Morgan fingerprint density at radius 2 is 2.00 bits per heavy atom. The van der Waals surface area contributed by atoms with Crippen LogP contribution in [-0.4, -0.2) is 13.5 Å². The molecule has 4 nitrogen and oxygen atoms in total. The first-order chi connectivity index (χ1) is 8.08. The van der Waals surface area contributed by atoms with Crippen molar-refractivity contribution in [2.75, 3.05) is 4.72 Å². The Labute approximate surface area is 99.6 Å². The fraction of sp³-hybridized carbons (Fsp3) is 0. The molecule has 0 aliphatic heterocycles. The van der Waals surface area contributed by atoms with Gasteiger partial charge in [0, 0.05) is 6.07 Å². The number of hydrogen-bond donors (Lipinski definition) is 2. The fourth-order valence-corrected chi connectivity index (χ4v) is 2.36.